The third kappa shape index (κ3) is 5.08. The maximum Gasteiger partial charge on any atom is 0.160 e. The number of ether oxygens (including phenoxy) is 1. The molecule has 4 nitrogen and oxygen atoms in total. The van der Waals surface area contributed by atoms with Crippen LogP contribution in [-0.2, 0) is 0 Å². The highest BCUT2D eigenvalue weighted by Crippen LogP contribution is 2.49. The molecule has 0 amide bonds. The van der Waals surface area contributed by atoms with Gasteiger partial charge in [-0.1, -0.05) is 103 Å². The van der Waals surface area contributed by atoms with Crippen molar-refractivity contribution in [3.05, 3.63) is 156 Å². The predicted molar refractivity (Wildman–Crippen MR) is 169 cm³/mol. The zero-order valence-corrected chi connectivity index (χ0v) is 22.7. The van der Waals surface area contributed by atoms with E-state index in [-0.39, 0.29) is 0 Å². The molecule has 2 heterocycles. The topological polar surface area (TPSA) is 37.2 Å². The molecule has 0 saturated carbocycles. The van der Waals surface area contributed by atoms with E-state index >= 15 is 0 Å². The Balaban J connectivity index is 1.28. The molecule has 0 fully saturated rings. The number of amidine groups is 1. The van der Waals surface area contributed by atoms with Crippen LogP contribution in [0.15, 0.2) is 150 Å². The highest BCUT2D eigenvalue weighted by Gasteiger charge is 2.25. The van der Waals surface area contributed by atoms with Crippen molar-refractivity contribution in [3.63, 3.8) is 0 Å². The molecule has 5 aromatic rings. The summed E-state index contributed by atoms with van der Waals surface area (Å²) in [6.45, 7) is 0. The molecule has 0 N–H and O–H groups in total. The lowest BCUT2D eigenvalue weighted by molar-refractivity contribution is 0.477. The number of allylic oxidation sites excluding steroid dienone is 1. The van der Waals surface area contributed by atoms with Crippen LogP contribution in [0.25, 0.3) is 5.70 Å². The van der Waals surface area contributed by atoms with Gasteiger partial charge in [0.05, 0.1) is 22.8 Å². The average molecular weight is 532 g/mol. The maximum atomic E-state index is 6.20. The van der Waals surface area contributed by atoms with Gasteiger partial charge in [0.25, 0.3) is 0 Å². The summed E-state index contributed by atoms with van der Waals surface area (Å²) in [7, 11) is 0. The normalized spacial score (nSPS) is 18.4. The second-order valence-electron chi connectivity index (χ2n) is 10.1. The van der Waals surface area contributed by atoms with Crippen LogP contribution in [0.1, 0.15) is 36.0 Å². The van der Waals surface area contributed by atoms with E-state index in [2.05, 4.69) is 83.8 Å². The van der Waals surface area contributed by atoms with Crippen molar-refractivity contribution in [3.8, 4) is 11.5 Å². The number of aliphatic imine (C=N–C) groups is 2. The second kappa shape index (κ2) is 11.1. The molecule has 2 aliphatic heterocycles. The van der Waals surface area contributed by atoms with Gasteiger partial charge in [0.2, 0.25) is 0 Å². The molecule has 0 radical (unpaired) electrons. The van der Waals surface area contributed by atoms with Gasteiger partial charge in [-0.2, -0.15) is 0 Å². The highest BCUT2D eigenvalue weighted by atomic mass is 16.5. The van der Waals surface area contributed by atoms with Gasteiger partial charge in [-0.25, -0.2) is 9.98 Å². The summed E-state index contributed by atoms with van der Waals surface area (Å²) in [5.41, 5.74) is 8.36. The minimum Gasteiger partial charge on any atom is -0.453 e. The van der Waals surface area contributed by atoms with Crippen molar-refractivity contribution < 1.29 is 4.74 Å². The lowest BCUT2D eigenvalue weighted by Gasteiger charge is -2.32. The van der Waals surface area contributed by atoms with Crippen LogP contribution in [0.3, 0.4) is 0 Å². The smallest absolute Gasteiger partial charge is 0.160 e. The quantitative estimate of drug-likeness (QED) is 0.227. The summed E-state index contributed by atoms with van der Waals surface area (Å²) < 4.78 is 6.20. The van der Waals surface area contributed by atoms with E-state index in [0.717, 1.165) is 81.8 Å². The Morgan fingerprint density at radius 3 is 1.78 bits per heavy atom. The van der Waals surface area contributed by atoms with Crippen LogP contribution in [0.5, 0.6) is 11.5 Å². The molecule has 41 heavy (non-hydrogen) atoms. The fourth-order valence-corrected chi connectivity index (χ4v) is 5.38. The number of hydrogen-bond donors (Lipinski definition) is 0. The first-order valence-electron chi connectivity index (χ1n) is 14.1. The van der Waals surface area contributed by atoms with Crippen molar-refractivity contribution in [1.29, 1.82) is 0 Å². The SMILES string of the molecule is C1=C(c2ccccc2)/N=C(c2ccccc2)\N=C(\c2ccc(N3c4ccccc4Oc4ccccc43)cc2)CCC\1. The van der Waals surface area contributed by atoms with Gasteiger partial charge < -0.3 is 9.64 Å². The third-order valence-corrected chi connectivity index (χ3v) is 7.42. The fourth-order valence-electron chi connectivity index (χ4n) is 5.38. The zero-order valence-electron chi connectivity index (χ0n) is 22.7. The number of fused-ring (bicyclic) bond motifs is 2. The number of para-hydroxylation sites is 4. The zero-order chi connectivity index (χ0) is 27.4. The number of rotatable bonds is 4. The van der Waals surface area contributed by atoms with Crippen LogP contribution in [0.2, 0.25) is 0 Å². The minimum absolute atomic E-state index is 0.734. The van der Waals surface area contributed by atoms with E-state index in [1.54, 1.807) is 0 Å². The molecule has 0 saturated heterocycles. The van der Waals surface area contributed by atoms with E-state index in [0.29, 0.717) is 0 Å². The van der Waals surface area contributed by atoms with Gasteiger partial charge in [-0.05, 0) is 66.8 Å². The molecule has 0 aliphatic carbocycles. The van der Waals surface area contributed by atoms with Gasteiger partial charge in [-0.15, -0.1) is 0 Å². The van der Waals surface area contributed by atoms with Crippen molar-refractivity contribution in [2.45, 2.75) is 19.3 Å². The van der Waals surface area contributed by atoms with Crippen LogP contribution in [0.4, 0.5) is 17.1 Å². The largest absolute Gasteiger partial charge is 0.453 e. The second-order valence-corrected chi connectivity index (χ2v) is 10.1. The monoisotopic (exact) mass is 531 g/mol. The summed E-state index contributed by atoms with van der Waals surface area (Å²) in [5.74, 6) is 2.43. The van der Waals surface area contributed by atoms with Gasteiger partial charge in [-0.3, -0.25) is 0 Å². The van der Waals surface area contributed by atoms with E-state index < -0.39 is 0 Å². The Morgan fingerprint density at radius 1 is 0.537 bits per heavy atom. The Morgan fingerprint density at radius 2 is 1.12 bits per heavy atom. The molecule has 0 spiro atoms. The number of benzene rings is 5. The van der Waals surface area contributed by atoms with Crippen molar-refractivity contribution in [2.75, 3.05) is 4.90 Å². The maximum absolute atomic E-state index is 6.20. The molecular formula is C37H29N3O. The van der Waals surface area contributed by atoms with Crippen LogP contribution in [0, 0.1) is 0 Å². The Hall–Kier alpha value is -5.22. The Bertz CT molecular complexity index is 1730. The summed E-state index contributed by atoms with van der Waals surface area (Å²) in [4.78, 5) is 12.6. The van der Waals surface area contributed by atoms with Gasteiger partial charge in [0.1, 0.15) is 0 Å². The summed E-state index contributed by atoms with van der Waals surface area (Å²) >= 11 is 0. The first kappa shape index (κ1) is 24.8. The van der Waals surface area contributed by atoms with Crippen LogP contribution >= 0.6 is 0 Å². The Kier molecular flexibility index (Phi) is 6.72. The molecule has 7 rings (SSSR count). The third-order valence-electron chi connectivity index (χ3n) is 7.42. The summed E-state index contributed by atoms with van der Waals surface area (Å²) in [5, 5.41) is 0. The van der Waals surface area contributed by atoms with E-state index in [1.807, 2.05) is 60.7 Å². The molecular weight excluding hydrogens is 502 g/mol. The van der Waals surface area contributed by atoms with Gasteiger partial charge in [0.15, 0.2) is 17.3 Å². The summed E-state index contributed by atoms with van der Waals surface area (Å²) in [6.07, 6.45) is 5.05. The van der Waals surface area contributed by atoms with Crippen molar-refractivity contribution >= 4 is 34.3 Å². The molecule has 5 aromatic carbocycles. The molecule has 2 aliphatic rings. The first-order valence-corrected chi connectivity index (χ1v) is 14.1. The number of hydrogen-bond acceptors (Lipinski definition) is 4. The fraction of sp³-hybridized carbons (Fsp3) is 0.0811. The minimum atomic E-state index is 0.734. The standard InChI is InChI=1S/C37H29N3O/c1-3-13-27(14-4-1)31-17-7-8-18-32(39-37(38-31)29-15-5-2-6-16-29)28-23-25-30(26-24-28)40-33-19-9-11-21-35(33)41-36-22-12-10-20-34(36)40/h1-6,9-17,19-26H,7-8,18H2/b31-17-,38-37-,39-32+. The van der Waals surface area contributed by atoms with Gasteiger partial charge >= 0.3 is 0 Å². The lowest BCUT2D eigenvalue weighted by Crippen LogP contribution is -2.15. The molecule has 0 bridgehead atoms. The van der Waals surface area contributed by atoms with E-state index in [9.17, 15) is 0 Å². The number of nitrogens with zero attached hydrogens (tertiary/aromatic N) is 3. The van der Waals surface area contributed by atoms with E-state index in [4.69, 9.17) is 14.7 Å². The highest BCUT2D eigenvalue weighted by molar-refractivity contribution is 6.13. The van der Waals surface area contributed by atoms with E-state index in [1.165, 1.54) is 0 Å². The average Bonchev–Trinajstić information content (AvgIpc) is 3.15. The molecule has 4 heteroatoms. The van der Waals surface area contributed by atoms with Gasteiger partial charge in [0, 0.05) is 11.3 Å². The first-order chi connectivity index (χ1) is 20.3. The van der Waals surface area contributed by atoms with Crippen molar-refractivity contribution in [1.82, 2.24) is 0 Å². The van der Waals surface area contributed by atoms with Crippen molar-refractivity contribution in [2.24, 2.45) is 9.98 Å². The molecule has 0 atom stereocenters. The Labute approximate surface area is 240 Å². The lowest BCUT2D eigenvalue weighted by atomic mass is 10.0. The molecule has 0 aromatic heterocycles. The predicted octanol–water partition coefficient (Wildman–Crippen LogP) is 9.72. The molecule has 0 unspecified atom stereocenters. The van der Waals surface area contributed by atoms with Crippen LogP contribution < -0.4 is 9.64 Å². The van der Waals surface area contributed by atoms with Crippen LogP contribution in [-0.4, -0.2) is 11.5 Å². The number of anilines is 3. The molecule has 198 valence electrons. The summed E-state index contributed by atoms with van der Waals surface area (Å²) in [6, 6.07) is 45.7.